The fourth-order valence-electron chi connectivity index (χ4n) is 1.67. The van der Waals surface area contributed by atoms with Crippen LogP contribution in [-0.4, -0.2) is 36.8 Å². The van der Waals surface area contributed by atoms with Gasteiger partial charge in [0.2, 0.25) is 0 Å². The van der Waals surface area contributed by atoms with Gasteiger partial charge in [0, 0.05) is 30.4 Å². The largest absolute Gasteiger partial charge is 0.496 e. The Hall–Kier alpha value is -1.26. The Morgan fingerprint density at radius 2 is 2.18 bits per heavy atom. The summed E-state index contributed by atoms with van der Waals surface area (Å²) in [5.74, 6) is 0.814. The standard InChI is InChI=1S/C13H22N2O2/c1-10(16)6-7-15(2)9-11-4-5-12(14)8-13(11)17-3/h4-5,8,10,16H,6-7,9,14H2,1-3H3. The molecule has 0 saturated carbocycles. The topological polar surface area (TPSA) is 58.7 Å². The van der Waals surface area contributed by atoms with Gasteiger partial charge in [-0.2, -0.15) is 0 Å². The summed E-state index contributed by atoms with van der Waals surface area (Å²) in [6, 6.07) is 5.69. The van der Waals surface area contributed by atoms with Crippen molar-refractivity contribution in [3.8, 4) is 5.75 Å². The number of nitrogen functional groups attached to an aromatic ring is 1. The van der Waals surface area contributed by atoms with Crippen molar-refractivity contribution in [1.29, 1.82) is 0 Å². The zero-order chi connectivity index (χ0) is 12.8. The zero-order valence-electron chi connectivity index (χ0n) is 10.8. The van der Waals surface area contributed by atoms with Crippen molar-refractivity contribution in [1.82, 2.24) is 4.90 Å². The maximum Gasteiger partial charge on any atom is 0.125 e. The second-order valence-electron chi connectivity index (χ2n) is 4.45. The first-order chi connectivity index (χ1) is 8.02. The fourth-order valence-corrected chi connectivity index (χ4v) is 1.67. The molecule has 0 aliphatic heterocycles. The number of rotatable bonds is 6. The summed E-state index contributed by atoms with van der Waals surface area (Å²) in [5, 5.41) is 9.24. The Labute approximate surface area is 103 Å². The van der Waals surface area contributed by atoms with Crippen LogP contribution in [0.5, 0.6) is 5.75 Å². The highest BCUT2D eigenvalue weighted by atomic mass is 16.5. The third kappa shape index (κ3) is 4.63. The van der Waals surface area contributed by atoms with Crippen LogP contribution in [0.2, 0.25) is 0 Å². The molecule has 0 heterocycles. The molecule has 1 rings (SSSR count). The molecule has 1 aromatic rings. The van der Waals surface area contributed by atoms with Gasteiger partial charge >= 0.3 is 0 Å². The second-order valence-corrected chi connectivity index (χ2v) is 4.45. The number of aliphatic hydroxyl groups excluding tert-OH is 1. The number of nitrogens with two attached hydrogens (primary N) is 1. The highest BCUT2D eigenvalue weighted by Gasteiger charge is 2.07. The van der Waals surface area contributed by atoms with Crippen molar-refractivity contribution in [2.24, 2.45) is 0 Å². The average molecular weight is 238 g/mol. The molecule has 1 atom stereocenters. The molecule has 0 saturated heterocycles. The SMILES string of the molecule is COc1cc(N)ccc1CN(C)CCC(C)O. The molecular weight excluding hydrogens is 216 g/mol. The first-order valence-electron chi connectivity index (χ1n) is 5.82. The van der Waals surface area contributed by atoms with E-state index in [1.807, 2.05) is 25.2 Å². The van der Waals surface area contributed by atoms with Gasteiger partial charge < -0.3 is 20.5 Å². The van der Waals surface area contributed by atoms with Gasteiger partial charge in [-0.1, -0.05) is 6.07 Å². The van der Waals surface area contributed by atoms with E-state index in [1.165, 1.54) is 0 Å². The number of nitrogens with zero attached hydrogens (tertiary/aromatic N) is 1. The van der Waals surface area contributed by atoms with E-state index in [9.17, 15) is 5.11 Å². The quantitative estimate of drug-likeness (QED) is 0.737. The number of ether oxygens (including phenoxy) is 1. The molecule has 17 heavy (non-hydrogen) atoms. The van der Waals surface area contributed by atoms with Crippen molar-refractivity contribution >= 4 is 5.69 Å². The van der Waals surface area contributed by atoms with Crippen molar-refractivity contribution in [3.63, 3.8) is 0 Å². The smallest absolute Gasteiger partial charge is 0.125 e. The molecule has 0 bridgehead atoms. The van der Waals surface area contributed by atoms with E-state index in [0.29, 0.717) is 5.69 Å². The summed E-state index contributed by atoms with van der Waals surface area (Å²) in [6.07, 6.45) is 0.513. The maximum atomic E-state index is 9.24. The molecule has 0 aliphatic carbocycles. The van der Waals surface area contributed by atoms with Crippen molar-refractivity contribution in [3.05, 3.63) is 23.8 Å². The van der Waals surface area contributed by atoms with Gasteiger partial charge in [-0.05, 0) is 26.5 Å². The van der Waals surface area contributed by atoms with Crippen LogP contribution in [0, 0.1) is 0 Å². The lowest BCUT2D eigenvalue weighted by Crippen LogP contribution is -2.22. The normalized spacial score (nSPS) is 12.8. The van der Waals surface area contributed by atoms with E-state index in [0.717, 1.165) is 30.8 Å². The lowest BCUT2D eigenvalue weighted by Gasteiger charge is -2.19. The number of hydrogen-bond donors (Lipinski definition) is 2. The molecule has 0 aliphatic rings. The van der Waals surface area contributed by atoms with Gasteiger partial charge in [-0.3, -0.25) is 0 Å². The lowest BCUT2D eigenvalue weighted by atomic mass is 10.1. The lowest BCUT2D eigenvalue weighted by molar-refractivity contribution is 0.162. The molecule has 4 nitrogen and oxygen atoms in total. The Bertz CT molecular complexity index is 353. The predicted octanol–water partition coefficient (Wildman–Crippen LogP) is 1.48. The number of hydrogen-bond acceptors (Lipinski definition) is 4. The summed E-state index contributed by atoms with van der Waals surface area (Å²) in [4.78, 5) is 2.15. The first kappa shape index (κ1) is 13.8. The third-order valence-corrected chi connectivity index (χ3v) is 2.68. The average Bonchev–Trinajstić information content (AvgIpc) is 2.28. The number of anilines is 1. The van der Waals surface area contributed by atoms with Crippen molar-refractivity contribution < 1.29 is 9.84 Å². The monoisotopic (exact) mass is 238 g/mol. The van der Waals surface area contributed by atoms with E-state index >= 15 is 0 Å². The first-order valence-corrected chi connectivity index (χ1v) is 5.82. The third-order valence-electron chi connectivity index (χ3n) is 2.68. The van der Waals surface area contributed by atoms with Crippen LogP contribution in [0.3, 0.4) is 0 Å². The minimum Gasteiger partial charge on any atom is -0.496 e. The molecule has 0 fully saturated rings. The van der Waals surface area contributed by atoms with Crippen LogP contribution in [0.1, 0.15) is 18.9 Å². The second kappa shape index (κ2) is 6.47. The molecule has 1 aromatic carbocycles. The molecule has 4 heteroatoms. The van der Waals surface area contributed by atoms with Crippen molar-refractivity contribution in [2.45, 2.75) is 26.0 Å². The van der Waals surface area contributed by atoms with Crippen LogP contribution in [-0.2, 0) is 6.54 Å². The molecular formula is C13H22N2O2. The van der Waals surface area contributed by atoms with Crippen LogP contribution in [0.4, 0.5) is 5.69 Å². The van der Waals surface area contributed by atoms with Gasteiger partial charge in [-0.15, -0.1) is 0 Å². The van der Waals surface area contributed by atoms with E-state index in [2.05, 4.69) is 4.90 Å². The molecule has 0 aromatic heterocycles. The summed E-state index contributed by atoms with van der Waals surface area (Å²) < 4.78 is 5.30. The molecule has 3 N–H and O–H groups in total. The molecule has 0 radical (unpaired) electrons. The van der Waals surface area contributed by atoms with Crippen molar-refractivity contribution in [2.75, 3.05) is 26.4 Å². The summed E-state index contributed by atoms with van der Waals surface area (Å²) in [5.41, 5.74) is 7.52. The Kier molecular flexibility index (Phi) is 5.25. The van der Waals surface area contributed by atoms with E-state index in [1.54, 1.807) is 14.0 Å². The highest BCUT2D eigenvalue weighted by Crippen LogP contribution is 2.22. The predicted molar refractivity (Wildman–Crippen MR) is 70.0 cm³/mol. The van der Waals surface area contributed by atoms with Gasteiger partial charge in [0.05, 0.1) is 13.2 Å². The fraction of sp³-hybridized carbons (Fsp3) is 0.538. The zero-order valence-corrected chi connectivity index (χ0v) is 10.8. The summed E-state index contributed by atoms with van der Waals surface area (Å²) >= 11 is 0. The molecule has 0 amide bonds. The van der Waals surface area contributed by atoms with E-state index in [-0.39, 0.29) is 6.10 Å². The van der Waals surface area contributed by atoms with Crippen LogP contribution in [0.25, 0.3) is 0 Å². The molecule has 96 valence electrons. The molecule has 0 spiro atoms. The van der Waals surface area contributed by atoms with Gasteiger partial charge in [0.1, 0.15) is 5.75 Å². The summed E-state index contributed by atoms with van der Waals surface area (Å²) in [7, 11) is 3.67. The Morgan fingerprint density at radius 1 is 1.47 bits per heavy atom. The highest BCUT2D eigenvalue weighted by molar-refractivity contribution is 5.48. The minimum absolute atomic E-state index is 0.259. The maximum absolute atomic E-state index is 9.24. The van der Waals surface area contributed by atoms with Gasteiger partial charge in [0.25, 0.3) is 0 Å². The van der Waals surface area contributed by atoms with Crippen LogP contribution >= 0.6 is 0 Å². The number of benzene rings is 1. The van der Waals surface area contributed by atoms with Crippen LogP contribution in [0.15, 0.2) is 18.2 Å². The number of aliphatic hydroxyl groups is 1. The Morgan fingerprint density at radius 3 is 2.76 bits per heavy atom. The van der Waals surface area contributed by atoms with E-state index in [4.69, 9.17) is 10.5 Å². The molecule has 1 unspecified atom stereocenters. The Balaban J connectivity index is 2.61. The van der Waals surface area contributed by atoms with E-state index < -0.39 is 0 Å². The van der Waals surface area contributed by atoms with Gasteiger partial charge in [0.15, 0.2) is 0 Å². The summed E-state index contributed by atoms with van der Waals surface area (Å²) in [6.45, 7) is 3.44. The van der Waals surface area contributed by atoms with Crippen LogP contribution < -0.4 is 10.5 Å². The minimum atomic E-state index is -0.259. The number of methoxy groups -OCH3 is 1. The van der Waals surface area contributed by atoms with Gasteiger partial charge in [-0.25, -0.2) is 0 Å².